The van der Waals surface area contributed by atoms with Crippen molar-refractivity contribution in [3.63, 3.8) is 0 Å². The van der Waals surface area contributed by atoms with Crippen molar-refractivity contribution < 1.29 is 14.3 Å². The van der Waals surface area contributed by atoms with E-state index in [0.29, 0.717) is 12.1 Å². The van der Waals surface area contributed by atoms with Crippen molar-refractivity contribution in [2.45, 2.75) is 38.3 Å². The normalized spacial score (nSPS) is 19.5. The third-order valence-corrected chi connectivity index (χ3v) is 3.63. The zero-order chi connectivity index (χ0) is 14.5. The summed E-state index contributed by atoms with van der Waals surface area (Å²) in [4.78, 5) is 13.0. The average molecular weight is 276 g/mol. The zero-order valence-corrected chi connectivity index (χ0v) is 11.2. The number of rotatable bonds is 4. The number of benzene rings is 1. The van der Waals surface area contributed by atoms with E-state index < -0.39 is 11.8 Å². The summed E-state index contributed by atoms with van der Waals surface area (Å²) in [6.07, 6.45) is 3.02. The fourth-order valence-electron chi connectivity index (χ4n) is 2.74. The number of likely N-dealkylation sites (tertiary alicyclic amines) is 1. The highest BCUT2D eigenvalue weighted by Gasteiger charge is 2.24. The molecule has 20 heavy (non-hydrogen) atoms. The SMILES string of the molecule is N#Cc1cc(F)cc(CN2CCCCC2CC(=O)O)c1. The summed E-state index contributed by atoms with van der Waals surface area (Å²) in [5, 5.41) is 17.8. The summed E-state index contributed by atoms with van der Waals surface area (Å²) in [6, 6.07) is 6.21. The Morgan fingerprint density at radius 2 is 2.25 bits per heavy atom. The molecule has 0 radical (unpaired) electrons. The Hall–Kier alpha value is -1.93. The minimum Gasteiger partial charge on any atom is -0.481 e. The van der Waals surface area contributed by atoms with Gasteiger partial charge in [0.15, 0.2) is 0 Å². The molecule has 5 heteroatoms. The lowest BCUT2D eigenvalue weighted by molar-refractivity contribution is -0.138. The van der Waals surface area contributed by atoms with Crippen molar-refractivity contribution in [1.29, 1.82) is 5.26 Å². The highest BCUT2D eigenvalue weighted by Crippen LogP contribution is 2.22. The predicted octanol–water partition coefficient (Wildman–Crippen LogP) is 2.53. The van der Waals surface area contributed by atoms with Crippen LogP contribution < -0.4 is 0 Å². The van der Waals surface area contributed by atoms with E-state index in [1.165, 1.54) is 12.1 Å². The van der Waals surface area contributed by atoms with Crippen molar-refractivity contribution in [2.24, 2.45) is 0 Å². The molecule has 1 aliphatic heterocycles. The highest BCUT2D eigenvalue weighted by molar-refractivity contribution is 5.67. The molecular formula is C15H17FN2O2. The lowest BCUT2D eigenvalue weighted by Gasteiger charge is -2.35. The number of aliphatic carboxylic acids is 1. The second-order valence-electron chi connectivity index (χ2n) is 5.18. The summed E-state index contributed by atoms with van der Waals surface area (Å²) in [5.41, 5.74) is 1.02. The van der Waals surface area contributed by atoms with Gasteiger partial charge in [-0.2, -0.15) is 5.26 Å². The molecule has 1 unspecified atom stereocenters. The molecule has 1 aliphatic rings. The topological polar surface area (TPSA) is 64.3 Å². The van der Waals surface area contributed by atoms with Crippen LogP contribution in [0.15, 0.2) is 18.2 Å². The molecule has 1 aromatic rings. The van der Waals surface area contributed by atoms with E-state index in [0.717, 1.165) is 31.4 Å². The first-order chi connectivity index (χ1) is 9.58. The molecule has 0 aromatic heterocycles. The maximum Gasteiger partial charge on any atom is 0.304 e. The molecule has 1 fully saturated rings. The molecule has 4 nitrogen and oxygen atoms in total. The van der Waals surface area contributed by atoms with Crippen LogP contribution in [0.3, 0.4) is 0 Å². The quantitative estimate of drug-likeness (QED) is 0.917. The number of hydrogen-bond acceptors (Lipinski definition) is 3. The van der Waals surface area contributed by atoms with Crippen molar-refractivity contribution in [3.8, 4) is 6.07 Å². The Morgan fingerprint density at radius 1 is 1.45 bits per heavy atom. The first kappa shape index (κ1) is 14.5. The van der Waals surface area contributed by atoms with Crippen LogP contribution in [0.4, 0.5) is 4.39 Å². The molecule has 0 spiro atoms. The predicted molar refractivity (Wildman–Crippen MR) is 71.4 cm³/mol. The molecule has 2 rings (SSSR count). The van der Waals surface area contributed by atoms with Gasteiger partial charge in [0.25, 0.3) is 0 Å². The van der Waals surface area contributed by atoms with Gasteiger partial charge in [0.2, 0.25) is 0 Å². The van der Waals surface area contributed by atoms with Crippen LogP contribution in [-0.4, -0.2) is 28.6 Å². The molecule has 0 amide bonds. The van der Waals surface area contributed by atoms with Crippen LogP contribution in [0.5, 0.6) is 0 Å². The number of piperidine rings is 1. The van der Waals surface area contributed by atoms with E-state index >= 15 is 0 Å². The first-order valence-electron chi connectivity index (χ1n) is 6.74. The molecule has 0 aliphatic carbocycles. The van der Waals surface area contributed by atoms with Gasteiger partial charge in [-0.25, -0.2) is 4.39 Å². The molecule has 1 saturated heterocycles. The van der Waals surface area contributed by atoms with Crippen LogP contribution in [0, 0.1) is 17.1 Å². The second-order valence-corrected chi connectivity index (χ2v) is 5.18. The lowest BCUT2D eigenvalue weighted by atomic mass is 9.98. The van der Waals surface area contributed by atoms with Gasteiger partial charge in [-0.1, -0.05) is 6.42 Å². The van der Waals surface area contributed by atoms with E-state index in [-0.39, 0.29) is 12.5 Å². The maximum absolute atomic E-state index is 13.4. The van der Waals surface area contributed by atoms with Crippen molar-refractivity contribution in [2.75, 3.05) is 6.54 Å². The molecule has 106 valence electrons. The van der Waals surface area contributed by atoms with Gasteiger partial charge in [0.05, 0.1) is 18.1 Å². The Kier molecular flexibility index (Phi) is 4.70. The zero-order valence-electron chi connectivity index (χ0n) is 11.2. The Bertz CT molecular complexity index is 539. The van der Waals surface area contributed by atoms with Gasteiger partial charge in [-0.15, -0.1) is 0 Å². The Balaban J connectivity index is 2.12. The summed E-state index contributed by atoms with van der Waals surface area (Å²) in [5.74, 6) is -1.23. The van der Waals surface area contributed by atoms with Gasteiger partial charge in [0.1, 0.15) is 5.82 Å². The van der Waals surface area contributed by atoms with Crippen molar-refractivity contribution >= 4 is 5.97 Å². The van der Waals surface area contributed by atoms with E-state index in [1.54, 1.807) is 6.07 Å². The van der Waals surface area contributed by atoms with Crippen molar-refractivity contribution in [3.05, 3.63) is 35.1 Å². The number of carbonyl (C=O) groups is 1. The van der Waals surface area contributed by atoms with E-state index in [4.69, 9.17) is 10.4 Å². The molecule has 1 heterocycles. The summed E-state index contributed by atoms with van der Waals surface area (Å²) in [6.45, 7) is 1.31. The van der Waals surface area contributed by atoms with Crippen LogP contribution in [0.25, 0.3) is 0 Å². The van der Waals surface area contributed by atoms with Crippen molar-refractivity contribution in [1.82, 2.24) is 4.90 Å². The van der Waals surface area contributed by atoms with Crippen LogP contribution in [0.2, 0.25) is 0 Å². The number of carboxylic acids is 1. The largest absolute Gasteiger partial charge is 0.481 e. The molecule has 1 aromatic carbocycles. The van der Waals surface area contributed by atoms with Gasteiger partial charge >= 0.3 is 5.97 Å². The van der Waals surface area contributed by atoms with Crippen LogP contribution in [0.1, 0.15) is 36.8 Å². The van der Waals surface area contributed by atoms with Gasteiger partial charge in [-0.05, 0) is 43.1 Å². The monoisotopic (exact) mass is 276 g/mol. The molecule has 1 atom stereocenters. The lowest BCUT2D eigenvalue weighted by Crippen LogP contribution is -2.40. The molecule has 0 saturated carbocycles. The number of nitrogens with zero attached hydrogens (tertiary/aromatic N) is 2. The minimum atomic E-state index is -0.807. The summed E-state index contributed by atoms with van der Waals surface area (Å²) < 4.78 is 13.4. The first-order valence-corrected chi connectivity index (χ1v) is 6.74. The third-order valence-electron chi connectivity index (χ3n) is 3.63. The highest BCUT2D eigenvalue weighted by atomic mass is 19.1. The number of nitriles is 1. The average Bonchev–Trinajstić information content (AvgIpc) is 2.39. The summed E-state index contributed by atoms with van der Waals surface area (Å²) in [7, 11) is 0. The minimum absolute atomic E-state index is 0.00458. The molecule has 0 bridgehead atoms. The fraction of sp³-hybridized carbons (Fsp3) is 0.467. The van der Waals surface area contributed by atoms with Gasteiger partial charge in [0, 0.05) is 12.6 Å². The molecular weight excluding hydrogens is 259 g/mol. The van der Waals surface area contributed by atoms with E-state index in [9.17, 15) is 9.18 Å². The van der Waals surface area contributed by atoms with Crippen LogP contribution >= 0.6 is 0 Å². The van der Waals surface area contributed by atoms with Crippen LogP contribution in [-0.2, 0) is 11.3 Å². The number of halogens is 1. The fourth-order valence-corrected chi connectivity index (χ4v) is 2.74. The number of hydrogen-bond donors (Lipinski definition) is 1. The van der Waals surface area contributed by atoms with Gasteiger partial charge < -0.3 is 5.11 Å². The number of carboxylic acid groups (broad SMARTS) is 1. The van der Waals surface area contributed by atoms with Gasteiger partial charge in [-0.3, -0.25) is 9.69 Å². The van der Waals surface area contributed by atoms with E-state index in [2.05, 4.69) is 4.90 Å². The molecule has 1 N–H and O–H groups in total. The Labute approximate surface area is 117 Å². The summed E-state index contributed by atoms with van der Waals surface area (Å²) >= 11 is 0. The second kappa shape index (κ2) is 6.49. The Morgan fingerprint density at radius 3 is 2.95 bits per heavy atom. The van der Waals surface area contributed by atoms with E-state index in [1.807, 2.05) is 6.07 Å². The maximum atomic E-state index is 13.4. The third kappa shape index (κ3) is 3.78. The smallest absolute Gasteiger partial charge is 0.304 e. The standard InChI is InChI=1S/C15H17FN2O2/c16-13-6-11(9-17)5-12(7-13)10-18-4-2-1-3-14(18)8-15(19)20/h5-7,14H,1-4,8,10H2,(H,19,20).